The topological polar surface area (TPSA) is 109 Å². The summed E-state index contributed by atoms with van der Waals surface area (Å²) in [4.78, 5) is 19.4. The molecule has 0 aliphatic carbocycles. The van der Waals surface area contributed by atoms with Crippen LogP contribution in [0.2, 0.25) is 0 Å². The second kappa shape index (κ2) is 7.19. The second-order valence-corrected chi connectivity index (χ2v) is 6.13. The number of amidine groups is 1. The molecule has 136 valence electrons. The number of hydrogen-bond donors (Lipinski definition) is 3. The first-order chi connectivity index (χ1) is 13.2. The van der Waals surface area contributed by atoms with Crippen molar-refractivity contribution in [1.29, 1.82) is 0 Å². The number of nitrogens with zero attached hydrogens (tertiary/aromatic N) is 5. The summed E-state index contributed by atoms with van der Waals surface area (Å²) in [5.41, 5.74) is 7.73. The van der Waals surface area contributed by atoms with E-state index in [2.05, 4.69) is 26.1 Å². The SMILES string of the molecule is O=C(CCc1ccccc1)N(CC1=[N+]=NNN1)c1ccc2c(cnn2O)c1. The van der Waals surface area contributed by atoms with Gasteiger partial charge in [0.15, 0.2) is 5.22 Å². The first kappa shape index (κ1) is 16.6. The average Bonchev–Trinajstić information content (AvgIpc) is 3.35. The van der Waals surface area contributed by atoms with E-state index in [1.807, 2.05) is 36.4 Å². The fraction of sp³-hybridized carbons (Fsp3) is 0.167. The molecular formula is C18H18N7O2+. The maximum absolute atomic E-state index is 13.0. The maximum atomic E-state index is 13.0. The standard InChI is InChI=1S/C18H17N7O2/c26-18(9-6-13-4-2-1-3-5-13)24(12-17-20-22-23-21-17)15-7-8-16-14(10-15)11-19-25(16)27/h1-5,7-8,10-11,27H,6,9,12H2,(H,20,21,22,23)/p+1. The Bertz CT molecular complexity index is 1040. The number of benzene rings is 2. The Kier molecular flexibility index (Phi) is 4.42. The highest BCUT2D eigenvalue weighted by atomic mass is 16.5. The molecular weight excluding hydrogens is 346 g/mol. The largest absolute Gasteiger partial charge is 0.411 e. The number of amides is 1. The van der Waals surface area contributed by atoms with Crippen LogP contribution in [0.15, 0.2) is 60.0 Å². The molecule has 0 saturated carbocycles. The van der Waals surface area contributed by atoms with E-state index in [9.17, 15) is 10.0 Å². The lowest BCUT2D eigenvalue weighted by atomic mass is 10.1. The first-order valence-electron chi connectivity index (χ1n) is 8.49. The smallest absolute Gasteiger partial charge is 0.368 e. The van der Waals surface area contributed by atoms with Gasteiger partial charge in [0, 0.05) is 17.5 Å². The number of aromatic nitrogens is 2. The van der Waals surface area contributed by atoms with Crippen LogP contribution in [0.4, 0.5) is 5.69 Å². The fourth-order valence-electron chi connectivity index (χ4n) is 2.95. The Morgan fingerprint density at radius 1 is 1.22 bits per heavy atom. The minimum Gasteiger partial charge on any atom is -0.411 e. The zero-order chi connectivity index (χ0) is 18.6. The van der Waals surface area contributed by atoms with Gasteiger partial charge in [-0.15, -0.1) is 20.2 Å². The molecule has 3 aromatic rings. The average molecular weight is 364 g/mol. The van der Waals surface area contributed by atoms with Crippen LogP contribution in [0.1, 0.15) is 12.0 Å². The van der Waals surface area contributed by atoms with Gasteiger partial charge in [0.1, 0.15) is 12.1 Å². The molecule has 9 heteroatoms. The van der Waals surface area contributed by atoms with E-state index in [0.717, 1.165) is 15.8 Å². The molecule has 0 bridgehead atoms. The lowest BCUT2D eigenvalue weighted by molar-refractivity contribution is -0.118. The van der Waals surface area contributed by atoms with Crippen molar-refractivity contribution in [3.05, 3.63) is 60.3 Å². The van der Waals surface area contributed by atoms with E-state index in [-0.39, 0.29) is 12.5 Å². The number of aryl methyl sites for hydroxylation is 1. The molecule has 2 heterocycles. The molecule has 9 nitrogen and oxygen atoms in total. The highest BCUT2D eigenvalue weighted by molar-refractivity contribution is 6.00. The van der Waals surface area contributed by atoms with Crippen LogP contribution in [0.25, 0.3) is 10.9 Å². The predicted molar refractivity (Wildman–Crippen MR) is 98.0 cm³/mol. The van der Waals surface area contributed by atoms with Crippen molar-refractivity contribution in [2.75, 3.05) is 11.4 Å². The van der Waals surface area contributed by atoms with Crippen molar-refractivity contribution >= 4 is 28.3 Å². The zero-order valence-electron chi connectivity index (χ0n) is 14.4. The van der Waals surface area contributed by atoms with Gasteiger partial charge in [-0.25, -0.2) is 0 Å². The third-order valence-electron chi connectivity index (χ3n) is 4.34. The van der Waals surface area contributed by atoms with Crippen LogP contribution >= 0.6 is 0 Å². The molecule has 0 fully saturated rings. The monoisotopic (exact) mass is 364 g/mol. The normalized spacial score (nSPS) is 12.5. The van der Waals surface area contributed by atoms with Crippen LogP contribution in [0.3, 0.4) is 0 Å². The minimum atomic E-state index is -0.0361. The number of carbonyl (C=O) groups excluding carboxylic acids is 1. The highest BCUT2D eigenvalue weighted by Crippen LogP contribution is 2.22. The quantitative estimate of drug-likeness (QED) is 0.451. The molecule has 1 aromatic heterocycles. The Balaban J connectivity index is 1.58. The summed E-state index contributed by atoms with van der Waals surface area (Å²) in [7, 11) is 0. The maximum Gasteiger partial charge on any atom is 0.368 e. The number of carbonyl (C=O) groups is 1. The van der Waals surface area contributed by atoms with Crippen LogP contribution in [-0.2, 0) is 11.2 Å². The molecule has 3 N–H and O–H groups in total. The summed E-state index contributed by atoms with van der Waals surface area (Å²) < 4.78 is 0. The predicted octanol–water partition coefficient (Wildman–Crippen LogP) is 1.32. The molecule has 1 amide bonds. The number of rotatable bonds is 6. The molecule has 4 rings (SSSR count). The summed E-state index contributed by atoms with van der Waals surface area (Å²) in [6.45, 7) is 0.253. The van der Waals surface area contributed by atoms with Crippen LogP contribution in [0.5, 0.6) is 0 Å². The summed E-state index contributed by atoms with van der Waals surface area (Å²) in [5, 5.41) is 17.9. The van der Waals surface area contributed by atoms with Gasteiger partial charge >= 0.3 is 5.84 Å². The first-order valence-corrected chi connectivity index (χ1v) is 8.49. The highest BCUT2D eigenvalue weighted by Gasteiger charge is 2.24. The van der Waals surface area contributed by atoms with Gasteiger partial charge in [0.2, 0.25) is 5.91 Å². The number of nitrogens with one attached hydrogen (secondary N) is 2. The van der Waals surface area contributed by atoms with Gasteiger partial charge in [-0.05, 0) is 30.2 Å². The summed E-state index contributed by atoms with van der Waals surface area (Å²) in [5.74, 6) is 0.506. The zero-order valence-corrected chi connectivity index (χ0v) is 14.4. The number of hydrogen-bond acceptors (Lipinski definition) is 6. The lowest BCUT2D eigenvalue weighted by Crippen LogP contribution is -2.42. The van der Waals surface area contributed by atoms with Crippen LogP contribution < -0.4 is 15.9 Å². The van der Waals surface area contributed by atoms with Gasteiger partial charge in [-0.1, -0.05) is 35.9 Å². The molecule has 1 aliphatic heterocycles. The molecule has 0 atom stereocenters. The summed E-state index contributed by atoms with van der Waals surface area (Å²) in [6, 6.07) is 15.2. The molecule has 27 heavy (non-hydrogen) atoms. The van der Waals surface area contributed by atoms with E-state index in [1.165, 1.54) is 0 Å². The third-order valence-corrected chi connectivity index (χ3v) is 4.34. The van der Waals surface area contributed by atoms with Gasteiger partial charge in [0.25, 0.3) is 0 Å². The molecule has 0 saturated heterocycles. The van der Waals surface area contributed by atoms with Crippen molar-refractivity contribution in [1.82, 2.24) is 20.9 Å². The fourth-order valence-corrected chi connectivity index (χ4v) is 2.95. The van der Waals surface area contributed by atoms with Crippen molar-refractivity contribution in [3.8, 4) is 0 Å². The van der Waals surface area contributed by atoms with E-state index in [4.69, 9.17) is 0 Å². The van der Waals surface area contributed by atoms with E-state index in [1.54, 1.807) is 23.2 Å². The Morgan fingerprint density at radius 2 is 2.07 bits per heavy atom. The third kappa shape index (κ3) is 3.58. The van der Waals surface area contributed by atoms with Crippen molar-refractivity contribution in [2.45, 2.75) is 12.8 Å². The van der Waals surface area contributed by atoms with Crippen molar-refractivity contribution < 1.29 is 14.8 Å². The molecule has 2 aromatic carbocycles. The molecule has 1 aliphatic rings. The second-order valence-electron chi connectivity index (χ2n) is 6.13. The van der Waals surface area contributed by atoms with Gasteiger partial charge in [0.05, 0.1) is 6.20 Å². The van der Waals surface area contributed by atoms with Crippen molar-refractivity contribution in [2.24, 2.45) is 5.22 Å². The lowest BCUT2D eigenvalue weighted by Gasteiger charge is -2.21. The number of fused-ring (bicyclic) bond motifs is 1. The summed E-state index contributed by atoms with van der Waals surface area (Å²) in [6.07, 6.45) is 2.56. The number of anilines is 1. The minimum absolute atomic E-state index is 0.0361. The molecule has 0 spiro atoms. The van der Waals surface area contributed by atoms with Crippen molar-refractivity contribution in [3.63, 3.8) is 0 Å². The molecule has 0 radical (unpaired) electrons. The Labute approximate surface area is 154 Å². The van der Waals surface area contributed by atoms with E-state index >= 15 is 0 Å². The van der Waals surface area contributed by atoms with E-state index in [0.29, 0.717) is 29.9 Å². The van der Waals surface area contributed by atoms with Crippen LogP contribution in [-0.4, -0.2) is 38.2 Å². The molecule has 0 unspecified atom stereocenters. The van der Waals surface area contributed by atoms with E-state index < -0.39 is 0 Å². The van der Waals surface area contributed by atoms with Gasteiger partial charge in [-0.3, -0.25) is 4.79 Å². The Hall–Kier alpha value is -3.84. The number of hydrazine groups is 1. The van der Waals surface area contributed by atoms with Gasteiger partial charge in [-0.2, -0.15) is 0 Å². The van der Waals surface area contributed by atoms with Gasteiger partial charge < -0.3 is 10.1 Å². The Morgan fingerprint density at radius 3 is 2.85 bits per heavy atom. The summed E-state index contributed by atoms with van der Waals surface area (Å²) >= 11 is 0. The van der Waals surface area contributed by atoms with Crippen LogP contribution in [0, 0.1) is 0 Å².